The van der Waals surface area contributed by atoms with Crippen molar-refractivity contribution in [2.75, 3.05) is 0 Å². The van der Waals surface area contributed by atoms with Crippen LogP contribution in [0.15, 0.2) is 29.1 Å². The first kappa shape index (κ1) is 15.1. The van der Waals surface area contributed by atoms with Gasteiger partial charge in [0.1, 0.15) is 17.3 Å². The Balaban J connectivity index is 1.57. The summed E-state index contributed by atoms with van der Waals surface area (Å²) in [5.74, 6) is -0.0384. The minimum atomic E-state index is -0.421. The Kier molecular flexibility index (Phi) is 3.69. The summed E-state index contributed by atoms with van der Waals surface area (Å²) in [6.07, 6.45) is 3.07. The molecule has 1 N–H and O–H groups in total. The summed E-state index contributed by atoms with van der Waals surface area (Å²) >= 11 is 1.58. The van der Waals surface area contributed by atoms with E-state index in [9.17, 15) is 9.59 Å². The number of rotatable bonds is 3. The zero-order valence-electron chi connectivity index (χ0n) is 13.2. The third kappa shape index (κ3) is 2.63. The van der Waals surface area contributed by atoms with Gasteiger partial charge in [-0.3, -0.25) is 4.79 Å². The highest BCUT2D eigenvalue weighted by Crippen LogP contribution is 2.34. The van der Waals surface area contributed by atoms with Gasteiger partial charge in [-0.05, 0) is 43.9 Å². The molecule has 3 aromatic rings. The topological polar surface area (TPSA) is 72.0 Å². The fourth-order valence-electron chi connectivity index (χ4n) is 3.10. The van der Waals surface area contributed by atoms with Crippen LogP contribution in [0.1, 0.15) is 38.6 Å². The molecule has 1 aromatic carbocycles. The summed E-state index contributed by atoms with van der Waals surface area (Å²) in [5, 5.41) is 0.710. The summed E-state index contributed by atoms with van der Waals surface area (Å²) in [4.78, 5) is 33.7. The lowest BCUT2D eigenvalue weighted by molar-refractivity contribution is 0.0462. The van der Waals surface area contributed by atoms with E-state index >= 15 is 0 Å². The first-order chi connectivity index (χ1) is 11.6. The fourth-order valence-corrected chi connectivity index (χ4v) is 4.39. The van der Waals surface area contributed by atoms with Gasteiger partial charge >= 0.3 is 5.97 Å². The molecule has 0 unspecified atom stereocenters. The Hall–Kier alpha value is -2.47. The molecule has 6 heteroatoms. The van der Waals surface area contributed by atoms with E-state index < -0.39 is 5.97 Å². The molecular weight excluding hydrogens is 324 g/mol. The van der Waals surface area contributed by atoms with Gasteiger partial charge in [0.25, 0.3) is 5.56 Å². The quantitative estimate of drug-likeness (QED) is 0.744. The SMILES string of the molecule is Cc1cccc(C(=O)OCc2nc3sc4c(c3c(=O)[nH]2)CCC4)c1. The van der Waals surface area contributed by atoms with Crippen LogP contribution in [0.4, 0.5) is 0 Å². The summed E-state index contributed by atoms with van der Waals surface area (Å²) < 4.78 is 5.28. The largest absolute Gasteiger partial charge is 0.454 e. The van der Waals surface area contributed by atoms with Crippen LogP contribution < -0.4 is 5.56 Å². The first-order valence-electron chi connectivity index (χ1n) is 7.89. The van der Waals surface area contributed by atoms with Gasteiger partial charge in [0.2, 0.25) is 0 Å². The number of hydrogen-bond donors (Lipinski definition) is 1. The molecule has 24 heavy (non-hydrogen) atoms. The number of thiophene rings is 1. The number of nitrogens with one attached hydrogen (secondary N) is 1. The lowest BCUT2D eigenvalue weighted by Gasteiger charge is -2.05. The van der Waals surface area contributed by atoms with E-state index in [0.29, 0.717) is 16.8 Å². The molecule has 0 amide bonds. The lowest BCUT2D eigenvalue weighted by atomic mass is 10.1. The summed E-state index contributed by atoms with van der Waals surface area (Å²) in [6, 6.07) is 7.20. The van der Waals surface area contributed by atoms with Crippen LogP contribution in [-0.4, -0.2) is 15.9 Å². The van der Waals surface area contributed by atoms with Crippen LogP contribution in [0.2, 0.25) is 0 Å². The summed E-state index contributed by atoms with van der Waals surface area (Å²) in [7, 11) is 0. The van der Waals surface area contributed by atoms with Crippen molar-refractivity contribution in [3.05, 3.63) is 62.0 Å². The molecule has 0 saturated carbocycles. The van der Waals surface area contributed by atoms with Gasteiger partial charge in [-0.2, -0.15) is 0 Å². The van der Waals surface area contributed by atoms with Gasteiger partial charge in [0.15, 0.2) is 0 Å². The third-order valence-corrected chi connectivity index (χ3v) is 5.40. The third-order valence-electron chi connectivity index (χ3n) is 4.22. The van der Waals surface area contributed by atoms with E-state index in [0.717, 1.165) is 35.2 Å². The number of carbonyl (C=O) groups excluding carboxylic acids is 1. The Labute approximate surface area is 142 Å². The standard InChI is InChI=1S/C18H16N2O3S/c1-10-4-2-5-11(8-10)18(22)23-9-14-19-16(21)15-12-6-3-7-13(12)24-17(15)20-14/h2,4-5,8H,3,6-7,9H2,1H3,(H,19,20,21). The number of carbonyl (C=O) groups is 1. The molecule has 2 aromatic heterocycles. The fraction of sp³-hybridized carbons (Fsp3) is 0.278. The van der Waals surface area contributed by atoms with Crippen molar-refractivity contribution >= 4 is 27.5 Å². The number of hydrogen-bond acceptors (Lipinski definition) is 5. The van der Waals surface area contributed by atoms with Gasteiger partial charge in [-0.15, -0.1) is 11.3 Å². The molecule has 122 valence electrons. The number of benzene rings is 1. The molecule has 0 fully saturated rings. The number of aryl methyl sites for hydroxylation is 3. The van der Waals surface area contributed by atoms with Crippen molar-refractivity contribution in [2.45, 2.75) is 32.8 Å². The van der Waals surface area contributed by atoms with Gasteiger partial charge < -0.3 is 9.72 Å². The minimum Gasteiger partial charge on any atom is -0.454 e. The maximum absolute atomic E-state index is 12.4. The number of H-pyrrole nitrogens is 1. The Bertz CT molecular complexity index is 1000. The predicted molar refractivity (Wildman–Crippen MR) is 92.6 cm³/mol. The molecule has 0 bridgehead atoms. The Morgan fingerprint density at radius 1 is 1.38 bits per heavy atom. The maximum atomic E-state index is 12.4. The van der Waals surface area contributed by atoms with E-state index in [-0.39, 0.29) is 12.2 Å². The zero-order chi connectivity index (χ0) is 16.7. The van der Waals surface area contributed by atoms with Gasteiger partial charge in [0, 0.05) is 4.88 Å². The van der Waals surface area contributed by atoms with Crippen molar-refractivity contribution < 1.29 is 9.53 Å². The smallest absolute Gasteiger partial charge is 0.338 e. The highest BCUT2D eigenvalue weighted by molar-refractivity contribution is 7.18. The number of ether oxygens (including phenoxy) is 1. The van der Waals surface area contributed by atoms with Crippen molar-refractivity contribution in [1.82, 2.24) is 9.97 Å². The van der Waals surface area contributed by atoms with E-state index in [1.54, 1.807) is 23.5 Å². The molecule has 2 heterocycles. The van der Waals surface area contributed by atoms with Crippen LogP contribution in [0.3, 0.4) is 0 Å². The van der Waals surface area contributed by atoms with Crippen molar-refractivity contribution in [3.63, 3.8) is 0 Å². The van der Waals surface area contributed by atoms with E-state index in [4.69, 9.17) is 4.74 Å². The van der Waals surface area contributed by atoms with Gasteiger partial charge in [0.05, 0.1) is 10.9 Å². The number of aromatic amines is 1. The van der Waals surface area contributed by atoms with Crippen LogP contribution in [0.5, 0.6) is 0 Å². The van der Waals surface area contributed by atoms with E-state index in [2.05, 4.69) is 9.97 Å². The highest BCUT2D eigenvalue weighted by atomic mass is 32.1. The number of nitrogens with zero attached hydrogens (tertiary/aromatic N) is 1. The number of aromatic nitrogens is 2. The monoisotopic (exact) mass is 340 g/mol. The molecule has 5 nitrogen and oxygen atoms in total. The van der Waals surface area contributed by atoms with Crippen molar-refractivity contribution in [2.24, 2.45) is 0 Å². The predicted octanol–water partition coefficient (Wildman–Crippen LogP) is 3.14. The molecule has 0 saturated heterocycles. The second-order valence-electron chi connectivity index (χ2n) is 6.00. The zero-order valence-corrected chi connectivity index (χ0v) is 14.0. The first-order valence-corrected chi connectivity index (χ1v) is 8.71. The Morgan fingerprint density at radius 3 is 3.08 bits per heavy atom. The van der Waals surface area contributed by atoms with E-state index in [1.807, 2.05) is 19.1 Å². The molecule has 4 rings (SSSR count). The maximum Gasteiger partial charge on any atom is 0.338 e. The van der Waals surface area contributed by atoms with Crippen LogP contribution >= 0.6 is 11.3 Å². The van der Waals surface area contributed by atoms with Crippen LogP contribution in [-0.2, 0) is 24.2 Å². The van der Waals surface area contributed by atoms with Crippen molar-refractivity contribution in [1.29, 1.82) is 0 Å². The van der Waals surface area contributed by atoms with E-state index in [1.165, 1.54) is 4.88 Å². The van der Waals surface area contributed by atoms with Gasteiger partial charge in [-0.25, -0.2) is 9.78 Å². The summed E-state index contributed by atoms with van der Waals surface area (Å²) in [5.41, 5.74) is 2.49. The average Bonchev–Trinajstić information content (AvgIpc) is 3.13. The molecule has 0 radical (unpaired) electrons. The minimum absolute atomic E-state index is 0.0411. The molecule has 1 aliphatic carbocycles. The number of esters is 1. The molecule has 0 spiro atoms. The Morgan fingerprint density at radius 2 is 2.25 bits per heavy atom. The van der Waals surface area contributed by atoms with Crippen LogP contribution in [0.25, 0.3) is 10.2 Å². The summed E-state index contributed by atoms with van der Waals surface area (Å²) in [6.45, 7) is 1.88. The molecule has 0 atom stereocenters. The number of fused-ring (bicyclic) bond motifs is 3. The van der Waals surface area contributed by atoms with Crippen LogP contribution in [0, 0.1) is 6.92 Å². The lowest BCUT2D eigenvalue weighted by Crippen LogP contribution is -2.14. The average molecular weight is 340 g/mol. The van der Waals surface area contributed by atoms with Gasteiger partial charge in [-0.1, -0.05) is 17.7 Å². The molecule has 0 aliphatic heterocycles. The highest BCUT2D eigenvalue weighted by Gasteiger charge is 2.21. The van der Waals surface area contributed by atoms with Crippen molar-refractivity contribution in [3.8, 4) is 0 Å². The second kappa shape index (κ2) is 5.87. The molecule has 1 aliphatic rings. The normalized spacial score (nSPS) is 13.2. The second-order valence-corrected chi connectivity index (χ2v) is 7.08. The molecular formula is C18H16N2O3S.